The smallest absolute Gasteiger partial charge is 0.215 e. The van der Waals surface area contributed by atoms with Crippen molar-refractivity contribution in [3.05, 3.63) is 71.8 Å². The van der Waals surface area contributed by atoms with Crippen LogP contribution in [0.15, 0.2) is 60.7 Å². The molecular formula is C17H21NO3S. The molecular weight excluding hydrogens is 298 g/mol. The van der Waals surface area contributed by atoms with Crippen molar-refractivity contribution >= 4 is 10.0 Å². The normalized spacial score (nSPS) is 13.0. The zero-order chi connectivity index (χ0) is 15.8. The SMILES string of the molecule is O=S(=O)(Cc1ccccc1)NCC(CCO)c1ccccc1. The van der Waals surface area contributed by atoms with Gasteiger partial charge in [-0.25, -0.2) is 13.1 Å². The van der Waals surface area contributed by atoms with Gasteiger partial charge in [0.15, 0.2) is 0 Å². The molecule has 2 aromatic rings. The number of aliphatic hydroxyl groups excluding tert-OH is 1. The number of nitrogens with one attached hydrogen (secondary N) is 1. The molecule has 5 heteroatoms. The summed E-state index contributed by atoms with van der Waals surface area (Å²) in [7, 11) is -3.39. The Bertz CT molecular complexity index is 657. The van der Waals surface area contributed by atoms with E-state index >= 15 is 0 Å². The van der Waals surface area contributed by atoms with E-state index < -0.39 is 10.0 Å². The van der Waals surface area contributed by atoms with Crippen LogP contribution in [0.2, 0.25) is 0 Å². The first-order chi connectivity index (χ1) is 10.6. The summed E-state index contributed by atoms with van der Waals surface area (Å²) in [4.78, 5) is 0. The molecule has 0 heterocycles. The lowest BCUT2D eigenvalue weighted by molar-refractivity contribution is 0.275. The van der Waals surface area contributed by atoms with Crippen molar-refractivity contribution in [2.45, 2.75) is 18.1 Å². The maximum atomic E-state index is 12.2. The Labute approximate surface area is 131 Å². The van der Waals surface area contributed by atoms with Gasteiger partial charge in [-0.3, -0.25) is 0 Å². The molecule has 0 aliphatic heterocycles. The number of benzene rings is 2. The number of sulfonamides is 1. The maximum Gasteiger partial charge on any atom is 0.215 e. The fourth-order valence-electron chi connectivity index (χ4n) is 2.34. The minimum Gasteiger partial charge on any atom is -0.396 e. The average Bonchev–Trinajstić information content (AvgIpc) is 2.53. The first-order valence-electron chi connectivity index (χ1n) is 7.28. The van der Waals surface area contributed by atoms with Crippen LogP contribution in [0.5, 0.6) is 0 Å². The van der Waals surface area contributed by atoms with Crippen molar-refractivity contribution in [2.24, 2.45) is 0 Å². The molecule has 0 radical (unpaired) electrons. The van der Waals surface area contributed by atoms with Crippen LogP contribution < -0.4 is 4.72 Å². The quantitative estimate of drug-likeness (QED) is 0.784. The highest BCUT2D eigenvalue weighted by molar-refractivity contribution is 7.88. The van der Waals surface area contributed by atoms with Gasteiger partial charge in [-0.15, -0.1) is 0 Å². The van der Waals surface area contributed by atoms with Crippen LogP contribution in [0.1, 0.15) is 23.5 Å². The van der Waals surface area contributed by atoms with Gasteiger partial charge in [0, 0.05) is 13.2 Å². The molecule has 0 aliphatic rings. The lowest BCUT2D eigenvalue weighted by atomic mass is 9.96. The molecule has 4 nitrogen and oxygen atoms in total. The number of aliphatic hydroxyl groups is 1. The third kappa shape index (κ3) is 5.26. The molecule has 0 fully saturated rings. The molecule has 118 valence electrons. The van der Waals surface area contributed by atoms with Gasteiger partial charge in [-0.05, 0) is 23.5 Å². The Morgan fingerprint density at radius 3 is 2.14 bits per heavy atom. The molecule has 0 aromatic heterocycles. The fourth-order valence-corrected chi connectivity index (χ4v) is 3.53. The molecule has 1 unspecified atom stereocenters. The van der Waals surface area contributed by atoms with Gasteiger partial charge in [0.1, 0.15) is 0 Å². The predicted molar refractivity (Wildman–Crippen MR) is 88.0 cm³/mol. The molecule has 0 saturated heterocycles. The summed E-state index contributed by atoms with van der Waals surface area (Å²) in [5.74, 6) is -0.0640. The third-order valence-electron chi connectivity index (χ3n) is 3.50. The molecule has 0 bridgehead atoms. The molecule has 2 rings (SSSR count). The first kappa shape index (κ1) is 16.7. The largest absolute Gasteiger partial charge is 0.396 e. The summed E-state index contributed by atoms with van der Waals surface area (Å²) in [6.45, 7) is 0.319. The Kier molecular flexibility index (Phi) is 6.12. The molecule has 22 heavy (non-hydrogen) atoms. The van der Waals surface area contributed by atoms with Gasteiger partial charge >= 0.3 is 0 Å². The van der Waals surface area contributed by atoms with Gasteiger partial charge in [0.2, 0.25) is 10.0 Å². The van der Waals surface area contributed by atoms with Gasteiger partial charge in [0.25, 0.3) is 0 Å². The summed E-state index contributed by atoms with van der Waals surface area (Å²) in [6.07, 6.45) is 0.526. The van der Waals surface area contributed by atoms with Gasteiger partial charge in [-0.1, -0.05) is 60.7 Å². The second-order valence-electron chi connectivity index (χ2n) is 5.21. The van der Waals surface area contributed by atoms with Crippen molar-refractivity contribution < 1.29 is 13.5 Å². The molecule has 2 N–H and O–H groups in total. The van der Waals surface area contributed by atoms with Crippen molar-refractivity contribution in [1.82, 2.24) is 4.72 Å². The Hall–Kier alpha value is -1.69. The minimum atomic E-state index is -3.39. The summed E-state index contributed by atoms with van der Waals surface area (Å²) in [5.41, 5.74) is 1.78. The third-order valence-corrected chi connectivity index (χ3v) is 4.82. The van der Waals surface area contributed by atoms with Crippen molar-refractivity contribution in [3.63, 3.8) is 0 Å². The topological polar surface area (TPSA) is 66.4 Å². The molecule has 0 aliphatic carbocycles. The van der Waals surface area contributed by atoms with Gasteiger partial charge in [0.05, 0.1) is 5.75 Å². The fraction of sp³-hybridized carbons (Fsp3) is 0.294. The predicted octanol–water partition coefficient (Wildman–Crippen LogP) is 2.27. The van der Waals surface area contributed by atoms with E-state index in [-0.39, 0.29) is 18.3 Å². The highest BCUT2D eigenvalue weighted by atomic mass is 32.2. The zero-order valence-corrected chi connectivity index (χ0v) is 13.2. The second-order valence-corrected chi connectivity index (χ2v) is 7.02. The molecule has 0 amide bonds. The van der Waals surface area contributed by atoms with E-state index in [0.717, 1.165) is 11.1 Å². The van der Waals surface area contributed by atoms with Crippen LogP contribution >= 0.6 is 0 Å². The van der Waals surface area contributed by atoms with Crippen LogP contribution in [-0.2, 0) is 15.8 Å². The van der Waals surface area contributed by atoms with Crippen LogP contribution in [0.3, 0.4) is 0 Å². The van der Waals surface area contributed by atoms with E-state index in [4.69, 9.17) is 0 Å². The maximum absolute atomic E-state index is 12.2. The first-order valence-corrected chi connectivity index (χ1v) is 8.93. The molecule has 1 atom stereocenters. The Balaban J connectivity index is 1.99. The van der Waals surface area contributed by atoms with Gasteiger partial charge in [-0.2, -0.15) is 0 Å². The minimum absolute atomic E-state index is 0.0278. The van der Waals surface area contributed by atoms with Crippen LogP contribution in [0.25, 0.3) is 0 Å². The lowest BCUT2D eigenvalue weighted by Crippen LogP contribution is -2.30. The highest BCUT2D eigenvalue weighted by Gasteiger charge is 2.16. The average molecular weight is 319 g/mol. The van der Waals surface area contributed by atoms with E-state index in [0.29, 0.717) is 13.0 Å². The summed E-state index contributed by atoms with van der Waals surface area (Å²) in [6, 6.07) is 18.7. The van der Waals surface area contributed by atoms with E-state index in [9.17, 15) is 13.5 Å². The Morgan fingerprint density at radius 2 is 1.55 bits per heavy atom. The van der Waals surface area contributed by atoms with E-state index in [1.54, 1.807) is 12.1 Å². The standard InChI is InChI=1S/C17H21NO3S/c19-12-11-17(16-9-5-2-6-10-16)13-18-22(20,21)14-15-7-3-1-4-8-15/h1-10,17-19H,11-14H2. The summed E-state index contributed by atoms with van der Waals surface area (Å²) in [5, 5.41) is 9.19. The van der Waals surface area contributed by atoms with Crippen LogP contribution in [0, 0.1) is 0 Å². The number of rotatable bonds is 8. The highest BCUT2D eigenvalue weighted by Crippen LogP contribution is 2.18. The second kappa shape index (κ2) is 8.08. The van der Waals surface area contributed by atoms with Crippen LogP contribution in [0.4, 0.5) is 0 Å². The van der Waals surface area contributed by atoms with Crippen molar-refractivity contribution in [2.75, 3.05) is 13.2 Å². The zero-order valence-electron chi connectivity index (χ0n) is 12.4. The van der Waals surface area contributed by atoms with E-state index in [2.05, 4.69) is 4.72 Å². The molecule has 0 spiro atoms. The number of hydrogen-bond acceptors (Lipinski definition) is 3. The van der Waals surface area contributed by atoms with Crippen molar-refractivity contribution in [3.8, 4) is 0 Å². The monoisotopic (exact) mass is 319 g/mol. The molecule has 0 saturated carbocycles. The lowest BCUT2D eigenvalue weighted by Gasteiger charge is -2.17. The molecule has 2 aromatic carbocycles. The van der Waals surface area contributed by atoms with E-state index in [1.807, 2.05) is 48.5 Å². The van der Waals surface area contributed by atoms with Crippen molar-refractivity contribution in [1.29, 1.82) is 0 Å². The van der Waals surface area contributed by atoms with Gasteiger partial charge < -0.3 is 5.11 Å². The summed E-state index contributed by atoms with van der Waals surface area (Å²) >= 11 is 0. The van der Waals surface area contributed by atoms with E-state index in [1.165, 1.54) is 0 Å². The summed E-state index contributed by atoms with van der Waals surface area (Å²) < 4.78 is 27.0. The Morgan fingerprint density at radius 1 is 0.955 bits per heavy atom. The van der Waals surface area contributed by atoms with Crippen LogP contribution in [-0.4, -0.2) is 26.7 Å². The number of hydrogen-bond donors (Lipinski definition) is 2.